The molecule has 0 N–H and O–H groups in total. The predicted octanol–water partition coefficient (Wildman–Crippen LogP) is 2.15. The highest BCUT2D eigenvalue weighted by molar-refractivity contribution is 7.09. The average Bonchev–Trinajstić information content (AvgIpc) is 3.17. The molecule has 4 heterocycles. The maximum Gasteiger partial charge on any atom is 0.225 e. The fourth-order valence-corrected chi connectivity index (χ4v) is 4.32. The van der Waals surface area contributed by atoms with Crippen molar-refractivity contribution in [3.8, 4) is 0 Å². The number of carbonyl (C=O) groups excluding carboxylic acids is 1. The number of fused-ring (bicyclic) bond motifs is 1. The zero-order chi connectivity index (χ0) is 16.7. The monoisotopic (exact) mass is 347 g/mol. The SMILES string of the molecule is Cc1nc(CN2C(=O)CCC3C2CCN3c2ncc(F)cn2)cs1. The van der Waals surface area contributed by atoms with Crippen molar-refractivity contribution in [2.24, 2.45) is 0 Å². The van der Waals surface area contributed by atoms with Crippen LogP contribution in [0.1, 0.15) is 30.0 Å². The maximum atomic E-state index is 13.1. The van der Waals surface area contributed by atoms with Gasteiger partial charge in [-0.1, -0.05) is 0 Å². The third-order valence-corrected chi connectivity index (χ3v) is 5.57. The van der Waals surface area contributed by atoms with Crippen LogP contribution in [0, 0.1) is 12.7 Å². The molecule has 8 heteroatoms. The van der Waals surface area contributed by atoms with Crippen molar-refractivity contribution < 1.29 is 9.18 Å². The Morgan fingerprint density at radius 3 is 2.79 bits per heavy atom. The van der Waals surface area contributed by atoms with E-state index in [-0.39, 0.29) is 18.0 Å². The van der Waals surface area contributed by atoms with Crippen molar-refractivity contribution in [2.75, 3.05) is 11.4 Å². The van der Waals surface area contributed by atoms with E-state index in [2.05, 4.69) is 19.9 Å². The highest BCUT2D eigenvalue weighted by Crippen LogP contribution is 2.34. The van der Waals surface area contributed by atoms with Crippen LogP contribution in [-0.2, 0) is 11.3 Å². The van der Waals surface area contributed by atoms with E-state index in [0.29, 0.717) is 18.9 Å². The normalized spacial score (nSPS) is 23.7. The molecule has 0 saturated carbocycles. The Labute approximate surface area is 143 Å². The van der Waals surface area contributed by atoms with Gasteiger partial charge in [-0.25, -0.2) is 19.3 Å². The number of halogens is 1. The Morgan fingerprint density at radius 1 is 1.29 bits per heavy atom. The van der Waals surface area contributed by atoms with Crippen LogP contribution in [-0.4, -0.2) is 44.4 Å². The van der Waals surface area contributed by atoms with Crippen LogP contribution in [0.25, 0.3) is 0 Å². The van der Waals surface area contributed by atoms with Crippen LogP contribution in [0.4, 0.5) is 10.3 Å². The van der Waals surface area contributed by atoms with Gasteiger partial charge in [-0.15, -0.1) is 11.3 Å². The van der Waals surface area contributed by atoms with Crippen LogP contribution in [0.3, 0.4) is 0 Å². The number of carbonyl (C=O) groups is 1. The second-order valence-corrected chi connectivity index (χ2v) is 7.30. The van der Waals surface area contributed by atoms with Gasteiger partial charge in [0.2, 0.25) is 11.9 Å². The topological polar surface area (TPSA) is 62.2 Å². The van der Waals surface area contributed by atoms with Crippen LogP contribution in [0.5, 0.6) is 0 Å². The lowest BCUT2D eigenvalue weighted by molar-refractivity contribution is -0.137. The minimum absolute atomic E-state index is 0.141. The Balaban J connectivity index is 1.55. The van der Waals surface area contributed by atoms with Gasteiger partial charge in [0.25, 0.3) is 0 Å². The van der Waals surface area contributed by atoms with E-state index < -0.39 is 5.82 Å². The summed E-state index contributed by atoms with van der Waals surface area (Å²) in [6, 6.07) is 0.329. The van der Waals surface area contributed by atoms with E-state index >= 15 is 0 Å². The Morgan fingerprint density at radius 2 is 2.08 bits per heavy atom. The maximum absolute atomic E-state index is 13.1. The molecule has 0 bridgehead atoms. The summed E-state index contributed by atoms with van der Waals surface area (Å²) in [7, 11) is 0. The number of anilines is 1. The van der Waals surface area contributed by atoms with Gasteiger partial charge in [0, 0.05) is 18.3 Å². The molecule has 2 saturated heterocycles. The Kier molecular flexibility index (Phi) is 3.91. The lowest BCUT2D eigenvalue weighted by Gasteiger charge is -2.39. The number of amides is 1. The summed E-state index contributed by atoms with van der Waals surface area (Å²) >= 11 is 1.60. The summed E-state index contributed by atoms with van der Waals surface area (Å²) in [6.07, 6.45) is 4.57. The zero-order valence-electron chi connectivity index (χ0n) is 13.4. The van der Waals surface area contributed by atoms with Crippen LogP contribution in [0.15, 0.2) is 17.8 Å². The molecule has 4 rings (SSSR count). The molecular formula is C16H18FN5OS. The van der Waals surface area contributed by atoms with Gasteiger partial charge >= 0.3 is 0 Å². The number of piperidine rings is 1. The third-order valence-electron chi connectivity index (χ3n) is 4.75. The molecule has 1 amide bonds. The molecular weight excluding hydrogens is 329 g/mol. The molecule has 24 heavy (non-hydrogen) atoms. The van der Waals surface area contributed by atoms with Gasteiger partial charge in [-0.05, 0) is 19.8 Å². The first-order chi connectivity index (χ1) is 11.6. The molecule has 2 aliphatic rings. The summed E-state index contributed by atoms with van der Waals surface area (Å²) in [5.74, 6) is 0.292. The van der Waals surface area contributed by atoms with E-state index in [0.717, 1.165) is 30.1 Å². The van der Waals surface area contributed by atoms with Crippen molar-refractivity contribution in [1.82, 2.24) is 19.9 Å². The van der Waals surface area contributed by atoms with E-state index in [4.69, 9.17) is 0 Å². The molecule has 0 spiro atoms. The van der Waals surface area contributed by atoms with Crippen molar-refractivity contribution in [3.05, 3.63) is 34.3 Å². The van der Waals surface area contributed by atoms with Crippen LogP contribution in [0.2, 0.25) is 0 Å². The first-order valence-electron chi connectivity index (χ1n) is 8.06. The first kappa shape index (κ1) is 15.4. The zero-order valence-corrected chi connectivity index (χ0v) is 14.2. The lowest BCUT2D eigenvalue weighted by atomic mass is 9.96. The van der Waals surface area contributed by atoms with E-state index in [1.165, 1.54) is 12.4 Å². The number of hydrogen-bond acceptors (Lipinski definition) is 6. The molecule has 126 valence electrons. The third kappa shape index (κ3) is 2.75. The van der Waals surface area contributed by atoms with Crippen molar-refractivity contribution in [2.45, 2.75) is 44.8 Å². The second kappa shape index (κ2) is 6.08. The molecule has 2 aliphatic heterocycles. The largest absolute Gasteiger partial charge is 0.336 e. The molecule has 2 aromatic heterocycles. The van der Waals surface area contributed by atoms with Crippen molar-refractivity contribution in [1.29, 1.82) is 0 Å². The molecule has 2 fully saturated rings. The number of hydrogen-bond donors (Lipinski definition) is 0. The standard InChI is InChI=1S/C16H18FN5OS/c1-10-20-12(9-24-10)8-22-14-4-5-21(13(14)2-3-15(22)23)16-18-6-11(17)7-19-16/h6-7,9,13-14H,2-5,8H2,1H3. The van der Waals surface area contributed by atoms with Gasteiger partial charge < -0.3 is 9.80 Å². The Bertz CT molecular complexity index is 749. The van der Waals surface area contributed by atoms with Gasteiger partial charge in [0.15, 0.2) is 5.82 Å². The fourth-order valence-electron chi connectivity index (χ4n) is 3.71. The summed E-state index contributed by atoms with van der Waals surface area (Å²) in [5.41, 5.74) is 0.947. The average molecular weight is 347 g/mol. The number of aromatic nitrogens is 3. The summed E-state index contributed by atoms with van der Waals surface area (Å²) < 4.78 is 13.1. The summed E-state index contributed by atoms with van der Waals surface area (Å²) in [5, 5.41) is 3.03. The highest BCUT2D eigenvalue weighted by Gasteiger charge is 2.44. The summed E-state index contributed by atoms with van der Waals surface area (Å²) in [6.45, 7) is 3.31. The number of rotatable bonds is 3. The summed E-state index contributed by atoms with van der Waals surface area (Å²) in [4.78, 5) is 29.2. The number of thiazole rings is 1. The lowest BCUT2D eigenvalue weighted by Crippen LogP contribution is -2.52. The van der Waals surface area contributed by atoms with Crippen LogP contribution >= 0.6 is 11.3 Å². The molecule has 2 atom stereocenters. The number of aryl methyl sites for hydroxylation is 1. The predicted molar refractivity (Wildman–Crippen MR) is 88.2 cm³/mol. The van der Waals surface area contributed by atoms with Gasteiger partial charge in [-0.2, -0.15) is 0 Å². The fraction of sp³-hybridized carbons (Fsp3) is 0.500. The number of likely N-dealkylation sites (tertiary alicyclic amines) is 1. The van der Waals surface area contributed by atoms with Crippen molar-refractivity contribution in [3.63, 3.8) is 0 Å². The minimum Gasteiger partial charge on any atom is -0.336 e. The second-order valence-electron chi connectivity index (χ2n) is 6.24. The van der Waals surface area contributed by atoms with E-state index in [9.17, 15) is 9.18 Å². The smallest absolute Gasteiger partial charge is 0.225 e. The van der Waals surface area contributed by atoms with Crippen molar-refractivity contribution >= 4 is 23.2 Å². The molecule has 2 aromatic rings. The van der Waals surface area contributed by atoms with Gasteiger partial charge in [0.1, 0.15) is 0 Å². The molecule has 0 radical (unpaired) electrons. The molecule has 0 aliphatic carbocycles. The molecule has 0 aromatic carbocycles. The van der Waals surface area contributed by atoms with Gasteiger partial charge in [0.05, 0.1) is 41.7 Å². The quantitative estimate of drug-likeness (QED) is 0.851. The molecule has 2 unspecified atom stereocenters. The van der Waals surface area contributed by atoms with Gasteiger partial charge in [-0.3, -0.25) is 4.79 Å². The minimum atomic E-state index is -0.436. The molecule has 6 nitrogen and oxygen atoms in total. The highest BCUT2D eigenvalue weighted by atomic mass is 32.1. The van der Waals surface area contributed by atoms with E-state index in [1.54, 1.807) is 11.3 Å². The van der Waals surface area contributed by atoms with Crippen LogP contribution < -0.4 is 4.90 Å². The van der Waals surface area contributed by atoms with E-state index in [1.807, 2.05) is 17.2 Å². The number of nitrogens with zero attached hydrogens (tertiary/aromatic N) is 5. The Hall–Kier alpha value is -2.09. The first-order valence-corrected chi connectivity index (χ1v) is 8.94.